The predicted octanol–water partition coefficient (Wildman–Crippen LogP) is -0.719. The molecule has 16 heteroatoms. The molecular formula is C26H40O16. The molecule has 0 aromatic rings. The van der Waals surface area contributed by atoms with E-state index in [0.717, 1.165) is 41.0 Å². The zero-order valence-corrected chi connectivity index (χ0v) is 24.4. The Hall–Kier alpha value is -2.89. The van der Waals surface area contributed by atoms with E-state index in [9.17, 15) is 34.2 Å². The fourth-order valence-corrected chi connectivity index (χ4v) is 4.45. The van der Waals surface area contributed by atoms with Gasteiger partial charge in [-0.3, -0.25) is 24.0 Å². The lowest BCUT2D eigenvalue weighted by Crippen LogP contribution is -2.66. The second-order valence-electron chi connectivity index (χ2n) is 9.68. The third kappa shape index (κ3) is 10.1. The van der Waals surface area contributed by atoms with Gasteiger partial charge in [0.15, 0.2) is 30.7 Å². The number of esters is 5. The Kier molecular flexibility index (Phi) is 14.0. The van der Waals surface area contributed by atoms with E-state index in [0.29, 0.717) is 6.42 Å². The highest BCUT2D eigenvalue weighted by molar-refractivity contribution is 5.68. The standard InChI is InChI=1S/C26H40O16/c1-7-8-9-34-22-20(36-13(3)29)18(11-35-12(2)28)41-26(24(22)38-15(5)31)42-23-21(37-14(4)30)19(33)17(10-27)40-25(23)39-16(6)32/h17-27,33H,7-11H2,1-6H3/t17-,18+,19+,20+,21-,22+,23-,24-,25-,26+/m0/s1. The van der Waals surface area contributed by atoms with Crippen LogP contribution in [0.1, 0.15) is 54.4 Å². The van der Waals surface area contributed by atoms with Gasteiger partial charge >= 0.3 is 29.8 Å². The van der Waals surface area contributed by atoms with E-state index in [2.05, 4.69) is 0 Å². The van der Waals surface area contributed by atoms with Crippen LogP contribution in [0.15, 0.2) is 0 Å². The molecule has 0 bridgehead atoms. The number of carbonyl (C=O) groups is 5. The molecule has 0 aromatic carbocycles. The van der Waals surface area contributed by atoms with Crippen molar-refractivity contribution in [2.24, 2.45) is 0 Å². The van der Waals surface area contributed by atoms with Crippen molar-refractivity contribution in [3.63, 3.8) is 0 Å². The molecule has 2 heterocycles. The lowest BCUT2D eigenvalue weighted by atomic mass is 9.96. The Labute approximate surface area is 242 Å². The van der Waals surface area contributed by atoms with Crippen molar-refractivity contribution in [2.45, 2.75) is 116 Å². The van der Waals surface area contributed by atoms with Gasteiger partial charge in [0.25, 0.3) is 0 Å². The molecule has 0 aromatic heterocycles. The number of carbonyl (C=O) groups excluding carboxylic acids is 5. The van der Waals surface area contributed by atoms with Crippen molar-refractivity contribution in [1.29, 1.82) is 0 Å². The molecule has 0 spiro atoms. The van der Waals surface area contributed by atoms with Gasteiger partial charge in [-0.2, -0.15) is 0 Å². The highest BCUT2D eigenvalue weighted by Crippen LogP contribution is 2.34. The Morgan fingerprint density at radius 3 is 1.74 bits per heavy atom. The second-order valence-corrected chi connectivity index (χ2v) is 9.68. The first-order valence-corrected chi connectivity index (χ1v) is 13.5. The smallest absolute Gasteiger partial charge is 0.305 e. The monoisotopic (exact) mass is 608 g/mol. The molecule has 0 radical (unpaired) electrons. The summed E-state index contributed by atoms with van der Waals surface area (Å²) in [6.45, 7) is 6.40. The van der Waals surface area contributed by atoms with Crippen LogP contribution in [-0.4, -0.2) is 121 Å². The van der Waals surface area contributed by atoms with Gasteiger partial charge < -0.3 is 52.8 Å². The second kappa shape index (κ2) is 16.7. The summed E-state index contributed by atoms with van der Waals surface area (Å²) in [6.07, 6.45) is -13.3. The normalized spacial score (nSPS) is 32.8. The number of ether oxygens (including phenoxy) is 9. The number of aliphatic hydroxyl groups excluding tert-OH is 2. The van der Waals surface area contributed by atoms with Crippen LogP contribution >= 0.6 is 0 Å². The highest BCUT2D eigenvalue weighted by atomic mass is 16.8. The SMILES string of the molecule is CCCCO[C@H]1[C@H](OC(C)=O)[C@@H](O[C@@H]2[C@@H](OC(C)=O)O[C@@H](CO)[C@@H](O)[C@@H]2OC(C)=O)O[C@H](COC(C)=O)[C@H]1OC(C)=O. The lowest BCUT2D eigenvalue weighted by molar-refractivity contribution is -0.365. The minimum Gasteiger partial charge on any atom is -0.463 e. The van der Waals surface area contributed by atoms with Gasteiger partial charge in [0.1, 0.15) is 31.0 Å². The molecule has 16 nitrogen and oxygen atoms in total. The molecular weight excluding hydrogens is 568 g/mol. The van der Waals surface area contributed by atoms with Gasteiger partial charge in [-0.05, 0) is 6.42 Å². The average Bonchev–Trinajstić information content (AvgIpc) is 2.88. The number of rotatable bonds is 13. The molecule has 42 heavy (non-hydrogen) atoms. The Bertz CT molecular complexity index is 939. The Balaban J connectivity index is 2.59. The van der Waals surface area contributed by atoms with Crippen LogP contribution in [-0.2, 0) is 66.6 Å². The lowest BCUT2D eigenvalue weighted by Gasteiger charge is -2.48. The zero-order chi connectivity index (χ0) is 31.6. The van der Waals surface area contributed by atoms with Gasteiger partial charge in [-0.15, -0.1) is 0 Å². The predicted molar refractivity (Wildman–Crippen MR) is 135 cm³/mol. The van der Waals surface area contributed by atoms with Crippen LogP contribution in [0.25, 0.3) is 0 Å². The number of hydrogen-bond donors (Lipinski definition) is 2. The van der Waals surface area contributed by atoms with Crippen molar-refractivity contribution in [3.8, 4) is 0 Å². The molecule has 2 N–H and O–H groups in total. The van der Waals surface area contributed by atoms with E-state index in [4.69, 9.17) is 42.6 Å². The molecule has 2 saturated heterocycles. The quantitative estimate of drug-likeness (QED) is 0.150. The van der Waals surface area contributed by atoms with E-state index in [-0.39, 0.29) is 6.61 Å². The summed E-state index contributed by atoms with van der Waals surface area (Å²) in [5.74, 6) is -3.89. The van der Waals surface area contributed by atoms with Crippen LogP contribution in [0.4, 0.5) is 0 Å². The van der Waals surface area contributed by atoms with Gasteiger partial charge in [-0.25, -0.2) is 0 Å². The van der Waals surface area contributed by atoms with Gasteiger partial charge in [-0.1, -0.05) is 13.3 Å². The molecule has 0 amide bonds. The fourth-order valence-electron chi connectivity index (χ4n) is 4.45. The number of hydrogen-bond acceptors (Lipinski definition) is 16. The summed E-state index contributed by atoms with van der Waals surface area (Å²) in [4.78, 5) is 59.7. The minimum absolute atomic E-state index is 0.138. The third-order valence-electron chi connectivity index (χ3n) is 6.13. The van der Waals surface area contributed by atoms with Gasteiger partial charge in [0.2, 0.25) is 6.29 Å². The van der Waals surface area contributed by atoms with Crippen molar-refractivity contribution >= 4 is 29.8 Å². The Morgan fingerprint density at radius 2 is 1.21 bits per heavy atom. The van der Waals surface area contributed by atoms with Gasteiger partial charge in [0.05, 0.1) is 6.61 Å². The molecule has 240 valence electrons. The van der Waals surface area contributed by atoms with Crippen molar-refractivity contribution < 1.29 is 76.8 Å². The molecule has 0 unspecified atom stereocenters. The van der Waals surface area contributed by atoms with Crippen molar-refractivity contribution in [2.75, 3.05) is 19.8 Å². The average molecular weight is 609 g/mol. The van der Waals surface area contributed by atoms with Gasteiger partial charge in [0, 0.05) is 41.2 Å². The first-order valence-electron chi connectivity index (χ1n) is 13.5. The summed E-state index contributed by atoms with van der Waals surface area (Å²) >= 11 is 0. The molecule has 2 aliphatic rings. The van der Waals surface area contributed by atoms with Crippen LogP contribution in [0.3, 0.4) is 0 Å². The summed E-state index contributed by atoms with van der Waals surface area (Å²) in [5.41, 5.74) is 0. The topological polar surface area (TPSA) is 209 Å². The van der Waals surface area contributed by atoms with E-state index in [1.807, 2.05) is 6.92 Å². The maximum atomic E-state index is 12.2. The largest absolute Gasteiger partial charge is 0.463 e. The van der Waals surface area contributed by atoms with Crippen molar-refractivity contribution in [1.82, 2.24) is 0 Å². The molecule has 0 aliphatic carbocycles. The first-order chi connectivity index (χ1) is 19.8. The summed E-state index contributed by atoms with van der Waals surface area (Å²) in [6, 6.07) is 0. The molecule has 0 saturated carbocycles. The van der Waals surface area contributed by atoms with Crippen molar-refractivity contribution in [3.05, 3.63) is 0 Å². The molecule has 2 aliphatic heterocycles. The Morgan fingerprint density at radius 1 is 0.667 bits per heavy atom. The third-order valence-corrected chi connectivity index (χ3v) is 6.13. The maximum Gasteiger partial charge on any atom is 0.305 e. The van der Waals surface area contributed by atoms with Crippen LogP contribution in [0.2, 0.25) is 0 Å². The fraction of sp³-hybridized carbons (Fsp3) is 0.808. The molecule has 2 fully saturated rings. The first kappa shape index (κ1) is 35.3. The van der Waals surface area contributed by atoms with E-state index in [1.165, 1.54) is 0 Å². The molecule has 10 atom stereocenters. The van der Waals surface area contributed by atoms with Crippen LogP contribution < -0.4 is 0 Å². The van der Waals surface area contributed by atoms with Crippen LogP contribution in [0.5, 0.6) is 0 Å². The van der Waals surface area contributed by atoms with E-state index >= 15 is 0 Å². The summed E-state index contributed by atoms with van der Waals surface area (Å²) in [5, 5.41) is 20.5. The zero-order valence-electron chi connectivity index (χ0n) is 24.4. The summed E-state index contributed by atoms with van der Waals surface area (Å²) < 4.78 is 50.2. The minimum atomic E-state index is -1.66. The van der Waals surface area contributed by atoms with Crippen LogP contribution in [0, 0.1) is 0 Å². The van der Waals surface area contributed by atoms with E-state index < -0.39 is 104 Å². The highest BCUT2D eigenvalue weighted by Gasteiger charge is 2.56. The maximum absolute atomic E-state index is 12.2. The number of unbranched alkanes of at least 4 members (excludes halogenated alkanes) is 1. The molecule has 2 rings (SSSR count). The van der Waals surface area contributed by atoms with E-state index in [1.54, 1.807) is 0 Å². The number of aliphatic hydroxyl groups is 2. The summed E-state index contributed by atoms with van der Waals surface area (Å²) in [7, 11) is 0.